The maximum Gasteiger partial charge on any atom is 0.313 e. The maximum atomic E-state index is 12.6. The van der Waals surface area contributed by atoms with Crippen LogP contribution in [0.1, 0.15) is 16.5 Å². The van der Waals surface area contributed by atoms with E-state index >= 15 is 0 Å². The number of anilines is 2. The van der Waals surface area contributed by atoms with Crippen molar-refractivity contribution in [3.05, 3.63) is 70.4 Å². The SMILES string of the molecule is COc1ccc(NC(=O)C(=O)NC[C@@H](c2cccs2)N2CCc3ccccc32)cc1OC. The van der Waals surface area contributed by atoms with Crippen molar-refractivity contribution in [2.75, 3.05) is 37.5 Å². The first-order valence-electron chi connectivity index (χ1n) is 10.3. The lowest BCUT2D eigenvalue weighted by Gasteiger charge is -2.30. The van der Waals surface area contributed by atoms with Crippen LogP contribution < -0.4 is 25.0 Å². The van der Waals surface area contributed by atoms with Crippen molar-refractivity contribution in [1.82, 2.24) is 5.32 Å². The van der Waals surface area contributed by atoms with E-state index in [-0.39, 0.29) is 6.04 Å². The lowest BCUT2D eigenvalue weighted by Crippen LogP contribution is -2.41. The highest BCUT2D eigenvalue weighted by Gasteiger charge is 2.28. The molecule has 1 aliphatic rings. The molecule has 7 nitrogen and oxygen atoms in total. The molecule has 3 aromatic rings. The molecule has 0 radical (unpaired) electrons. The maximum absolute atomic E-state index is 12.6. The molecule has 0 bridgehead atoms. The molecule has 2 heterocycles. The van der Waals surface area contributed by atoms with Gasteiger partial charge in [-0.15, -0.1) is 11.3 Å². The number of carbonyl (C=O) groups is 2. The van der Waals surface area contributed by atoms with Gasteiger partial charge < -0.3 is 25.0 Å². The van der Waals surface area contributed by atoms with E-state index in [0.717, 1.165) is 17.8 Å². The van der Waals surface area contributed by atoms with E-state index < -0.39 is 11.8 Å². The minimum atomic E-state index is -0.732. The molecule has 0 fully saturated rings. The fourth-order valence-corrected chi connectivity index (χ4v) is 4.74. The number of hydrogen-bond acceptors (Lipinski definition) is 6. The van der Waals surface area contributed by atoms with Gasteiger partial charge in [0.2, 0.25) is 0 Å². The van der Waals surface area contributed by atoms with E-state index in [4.69, 9.17) is 9.47 Å². The summed E-state index contributed by atoms with van der Waals surface area (Å²) in [5, 5.41) is 7.45. The number of amides is 2. The van der Waals surface area contributed by atoms with Crippen LogP contribution in [0, 0.1) is 0 Å². The summed E-state index contributed by atoms with van der Waals surface area (Å²) in [4.78, 5) is 28.5. The molecule has 0 saturated carbocycles. The zero-order chi connectivity index (χ0) is 22.5. The van der Waals surface area contributed by atoms with Gasteiger partial charge in [0.05, 0.1) is 20.3 Å². The van der Waals surface area contributed by atoms with E-state index in [2.05, 4.69) is 33.7 Å². The topological polar surface area (TPSA) is 79.9 Å². The van der Waals surface area contributed by atoms with Crippen LogP contribution in [0.5, 0.6) is 11.5 Å². The first kappa shape index (κ1) is 21.7. The molecule has 8 heteroatoms. The van der Waals surface area contributed by atoms with Crippen LogP contribution in [-0.4, -0.2) is 39.1 Å². The number of ether oxygens (including phenoxy) is 2. The van der Waals surface area contributed by atoms with Crippen molar-refractivity contribution in [2.24, 2.45) is 0 Å². The normalized spacial score (nSPS) is 13.2. The van der Waals surface area contributed by atoms with Crippen molar-refractivity contribution < 1.29 is 19.1 Å². The summed E-state index contributed by atoms with van der Waals surface area (Å²) in [5.74, 6) is -0.409. The smallest absolute Gasteiger partial charge is 0.313 e. The molecule has 0 saturated heterocycles. The number of carbonyl (C=O) groups excluding carboxylic acids is 2. The summed E-state index contributed by atoms with van der Waals surface area (Å²) >= 11 is 1.64. The summed E-state index contributed by atoms with van der Waals surface area (Å²) in [7, 11) is 3.05. The third-order valence-electron chi connectivity index (χ3n) is 5.47. The molecule has 0 aliphatic carbocycles. The second kappa shape index (κ2) is 9.74. The zero-order valence-corrected chi connectivity index (χ0v) is 18.8. The molecular formula is C24H25N3O4S. The summed E-state index contributed by atoms with van der Waals surface area (Å²) in [6.07, 6.45) is 0.964. The van der Waals surface area contributed by atoms with E-state index in [1.807, 2.05) is 23.6 Å². The average molecular weight is 452 g/mol. The van der Waals surface area contributed by atoms with Gasteiger partial charge in [-0.2, -0.15) is 0 Å². The first-order valence-corrected chi connectivity index (χ1v) is 11.2. The molecule has 1 atom stereocenters. The Bertz CT molecular complexity index is 1100. The second-order valence-corrected chi connectivity index (χ2v) is 8.32. The third kappa shape index (κ3) is 4.55. The van der Waals surface area contributed by atoms with Gasteiger partial charge in [-0.3, -0.25) is 9.59 Å². The van der Waals surface area contributed by atoms with Crippen LogP contribution in [0.2, 0.25) is 0 Å². The molecule has 166 valence electrons. The third-order valence-corrected chi connectivity index (χ3v) is 6.45. The minimum Gasteiger partial charge on any atom is -0.493 e. The number of para-hydroxylation sites is 1. The van der Waals surface area contributed by atoms with Crippen LogP contribution >= 0.6 is 11.3 Å². The Morgan fingerprint density at radius 1 is 1.03 bits per heavy atom. The van der Waals surface area contributed by atoms with Gasteiger partial charge in [0.25, 0.3) is 0 Å². The van der Waals surface area contributed by atoms with Crippen molar-refractivity contribution in [2.45, 2.75) is 12.5 Å². The van der Waals surface area contributed by atoms with Gasteiger partial charge in [0.15, 0.2) is 11.5 Å². The highest BCUT2D eigenvalue weighted by molar-refractivity contribution is 7.10. The molecule has 2 amide bonds. The first-order chi connectivity index (χ1) is 15.6. The average Bonchev–Trinajstić information content (AvgIpc) is 3.50. The summed E-state index contributed by atoms with van der Waals surface area (Å²) < 4.78 is 10.4. The van der Waals surface area contributed by atoms with Crippen molar-refractivity contribution in [1.29, 1.82) is 0 Å². The Balaban J connectivity index is 1.43. The molecule has 2 aromatic carbocycles. The lowest BCUT2D eigenvalue weighted by molar-refractivity contribution is -0.136. The summed E-state index contributed by atoms with van der Waals surface area (Å²) in [6.45, 7) is 1.20. The molecule has 4 rings (SSSR count). The molecule has 1 aromatic heterocycles. The largest absolute Gasteiger partial charge is 0.493 e. The quantitative estimate of drug-likeness (QED) is 0.537. The monoisotopic (exact) mass is 451 g/mol. The number of fused-ring (bicyclic) bond motifs is 1. The number of benzene rings is 2. The van der Waals surface area contributed by atoms with E-state index in [0.29, 0.717) is 23.7 Å². The Kier molecular flexibility index (Phi) is 6.61. The van der Waals surface area contributed by atoms with Gasteiger partial charge in [-0.05, 0) is 41.6 Å². The van der Waals surface area contributed by atoms with Crippen LogP contribution in [0.15, 0.2) is 60.0 Å². The Hall–Kier alpha value is -3.52. The van der Waals surface area contributed by atoms with Gasteiger partial charge in [-0.25, -0.2) is 0 Å². The lowest BCUT2D eigenvalue weighted by atomic mass is 10.1. The number of thiophene rings is 1. The Morgan fingerprint density at radius 2 is 1.84 bits per heavy atom. The second-order valence-electron chi connectivity index (χ2n) is 7.34. The predicted octanol–water partition coefficient (Wildman–Crippen LogP) is 3.62. The zero-order valence-electron chi connectivity index (χ0n) is 18.0. The predicted molar refractivity (Wildman–Crippen MR) is 126 cm³/mol. The molecular weight excluding hydrogens is 426 g/mol. The van der Waals surface area contributed by atoms with E-state index in [1.165, 1.54) is 25.5 Å². The Morgan fingerprint density at radius 3 is 2.59 bits per heavy atom. The van der Waals surface area contributed by atoms with Gasteiger partial charge in [-0.1, -0.05) is 24.3 Å². The number of methoxy groups -OCH3 is 2. The van der Waals surface area contributed by atoms with Crippen LogP contribution in [0.4, 0.5) is 11.4 Å². The fraction of sp³-hybridized carbons (Fsp3) is 0.250. The Labute approximate surface area is 191 Å². The molecule has 2 N–H and O–H groups in total. The van der Waals surface area contributed by atoms with Gasteiger partial charge in [0, 0.05) is 35.4 Å². The van der Waals surface area contributed by atoms with Crippen molar-refractivity contribution >= 4 is 34.5 Å². The number of hydrogen-bond donors (Lipinski definition) is 2. The summed E-state index contributed by atoms with van der Waals surface area (Å²) in [6, 6.07) is 17.3. The number of rotatable bonds is 7. The van der Waals surface area contributed by atoms with Gasteiger partial charge in [0.1, 0.15) is 0 Å². The van der Waals surface area contributed by atoms with Gasteiger partial charge >= 0.3 is 11.8 Å². The van der Waals surface area contributed by atoms with Crippen molar-refractivity contribution in [3.8, 4) is 11.5 Å². The molecule has 0 unspecified atom stereocenters. The molecule has 1 aliphatic heterocycles. The minimum absolute atomic E-state index is 0.0449. The van der Waals surface area contributed by atoms with E-state index in [1.54, 1.807) is 29.5 Å². The van der Waals surface area contributed by atoms with Crippen molar-refractivity contribution in [3.63, 3.8) is 0 Å². The summed E-state index contributed by atoms with van der Waals surface area (Å²) in [5.41, 5.74) is 2.92. The molecule has 0 spiro atoms. The van der Waals surface area contributed by atoms with E-state index in [9.17, 15) is 9.59 Å². The standard InChI is InChI=1S/C24H25N3O4S/c1-30-20-10-9-17(14-21(20)31-2)26-24(29)23(28)25-15-19(22-8-5-13-32-22)27-12-11-16-6-3-4-7-18(16)27/h3-10,13-14,19H,11-12,15H2,1-2H3,(H,25,28)(H,26,29)/t19-/m0/s1. The van der Waals surface area contributed by atoms with Crippen LogP contribution in [0.3, 0.4) is 0 Å². The number of nitrogens with one attached hydrogen (secondary N) is 2. The van der Waals surface area contributed by atoms with Crippen LogP contribution in [0.25, 0.3) is 0 Å². The molecule has 32 heavy (non-hydrogen) atoms. The number of nitrogens with zero attached hydrogens (tertiary/aromatic N) is 1. The fourth-order valence-electron chi connectivity index (χ4n) is 3.90. The highest BCUT2D eigenvalue weighted by Crippen LogP contribution is 2.36. The van der Waals surface area contributed by atoms with Crippen LogP contribution in [-0.2, 0) is 16.0 Å². The highest BCUT2D eigenvalue weighted by atomic mass is 32.1.